The van der Waals surface area contributed by atoms with Gasteiger partial charge in [-0.05, 0) is 55.7 Å². The van der Waals surface area contributed by atoms with Gasteiger partial charge in [0.15, 0.2) is 5.13 Å². The Morgan fingerprint density at radius 3 is 2.64 bits per heavy atom. The van der Waals surface area contributed by atoms with Crippen molar-refractivity contribution in [1.29, 1.82) is 0 Å². The number of halogens is 1. The van der Waals surface area contributed by atoms with Gasteiger partial charge in [0.05, 0.1) is 29.6 Å². The minimum atomic E-state index is -0.226. The number of methoxy groups -OCH3 is 1. The molecule has 0 spiro atoms. The predicted molar refractivity (Wildman–Crippen MR) is 145 cm³/mol. The summed E-state index contributed by atoms with van der Waals surface area (Å²) in [7, 11) is 1.61. The Balaban J connectivity index is 1.59. The summed E-state index contributed by atoms with van der Waals surface area (Å²) >= 11 is 7.86. The maximum Gasteiger partial charge on any atom is 0.264 e. The monoisotopic (exact) mass is 521 g/mol. The zero-order chi connectivity index (χ0) is 25.2. The minimum absolute atomic E-state index is 0.00740. The second-order valence-electron chi connectivity index (χ2n) is 9.11. The van der Waals surface area contributed by atoms with Gasteiger partial charge in [-0.15, -0.1) is 11.3 Å². The van der Waals surface area contributed by atoms with E-state index in [2.05, 4.69) is 4.98 Å². The lowest BCUT2D eigenvalue weighted by Crippen LogP contribution is -2.42. The molecule has 0 bridgehead atoms. The van der Waals surface area contributed by atoms with Gasteiger partial charge >= 0.3 is 0 Å². The van der Waals surface area contributed by atoms with Crippen molar-refractivity contribution in [1.82, 2.24) is 9.55 Å². The molecule has 2 heterocycles. The first-order chi connectivity index (χ1) is 17.5. The van der Waals surface area contributed by atoms with Gasteiger partial charge < -0.3 is 4.74 Å². The number of amides is 1. The Hall–Kier alpha value is -3.16. The number of hydrogen-bond donors (Lipinski definition) is 0. The quantitative estimate of drug-likeness (QED) is 0.284. The van der Waals surface area contributed by atoms with E-state index in [1.54, 1.807) is 42.1 Å². The molecule has 0 atom stereocenters. The normalized spacial score (nSPS) is 14.2. The average molecular weight is 522 g/mol. The van der Waals surface area contributed by atoms with E-state index in [1.165, 1.54) is 17.8 Å². The fraction of sp³-hybridized carbons (Fsp3) is 0.321. The van der Waals surface area contributed by atoms with Crippen LogP contribution in [0.2, 0.25) is 5.02 Å². The van der Waals surface area contributed by atoms with E-state index in [0.29, 0.717) is 16.3 Å². The van der Waals surface area contributed by atoms with Gasteiger partial charge in [0.2, 0.25) is 5.91 Å². The number of thiazole rings is 1. The largest absolute Gasteiger partial charge is 0.497 e. The standard InChI is InChI=1S/C28H28ClN3O3S/c1-18-22(17-26(33)32(28-30-14-15-36-28)19-8-4-3-5-9-19)23-16-20(35-2)12-13-25(23)31(18)27(34)21-10-6-7-11-24(21)29/h6-7,10-16,19H,3-5,8-9,17H2,1-2H3. The number of carbonyl (C=O) groups is 2. The van der Waals surface area contributed by atoms with Crippen LogP contribution in [0.4, 0.5) is 5.13 Å². The van der Waals surface area contributed by atoms with Crippen molar-refractivity contribution >= 4 is 50.8 Å². The third-order valence-electron chi connectivity index (χ3n) is 7.01. The maximum absolute atomic E-state index is 13.9. The Morgan fingerprint density at radius 1 is 1.17 bits per heavy atom. The fourth-order valence-electron chi connectivity index (χ4n) is 5.21. The van der Waals surface area contributed by atoms with Crippen molar-refractivity contribution in [2.45, 2.75) is 51.5 Å². The Morgan fingerprint density at radius 2 is 1.94 bits per heavy atom. The van der Waals surface area contributed by atoms with Crippen molar-refractivity contribution in [3.8, 4) is 5.75 Å². The second-order valence-corrected chi connectivity index (χ2v) is 10.4. The molecule has 1 aliphatic rings. The number of rotatable bonds is 6. The summed E-state index contributed by atoms with van der Waals surface area (Å²) in [6, 6.07) is 12.8. The molecular formula is C28H28ClN3O3S. The van der Waals surface area contributed by atoms with E-state index >= 15 is 0 Å². The first-order valence-electron chi connectivity index (χ1n) is 12.2. The van der Waals surface area contributed by atoms with Gasteiger partial charge in [-0.3, -0.25) is 19.1 Å². The summed E-state index contributed by atoms with van der Waals surface area (Å²) in [5.41, 5.74) is 2.67. The number of anilines is 1. The molecule has 5 rings (SSSR count). The molecule has 0 unspecified atom stereocenters. The van der Waals surface area contributed by atoms with Gasteiger partial charge in [0.1, 0.15) is 5.75 Å². The number of nitrogens with zero attached hydrogens (tertiary/aromatic N) is 3. The van der Waals surface area contributed by atoms with E-state index in [9.17, 15) is 9.59 Å². The zero-order valence-electron chi connectivity index (χ0n) is 20.4. The molecule has 186 valence electrons. The van der Waals surface area contributed by atoms with Crippen molar-refractivity contribution in [2.24, 2.45) is 0 Å². The van der Waals surface area contributed by atoms with Crippen molar-refractivity contribution < 1.29 is 14.3 Å². The molecule has 1 aliphatic carbocycles. The number of fused-ring (bicyclic) bond motifs is 1. The number of aromatic nitrogens is 2. The summed E-state index contributed by atoms with van der Waals surface area (Å²) < 4.78 is 7.14. The highest BCUT2D eigenvalue weighted by Gasteiger charge is 2.31. The molecule has 6 nitrogen and oxygen atoms in total. The van der Waals surface area contributed by atoms with E-state index in [4.69, 9.17) is 16.3 Å². The Bertz CT molecular complexity index is 1410. The molecule has 1 amide bonds. The van der Waals surface area contributed by atoms with Gasteiger partial charge in [0, 0.05) is 28.7 Å². The Labute approximate surface area is 219 Å². The molecule has 0 N–H and O–H groups in total. The molecule has 1 fully saturated rings. The molecule has 0 radical (unpaired) electrons. The smallest absolute Gasteiger partial charge is 0.264 e. The topological polar surface area (TPSA) is 64.4 Å². The van der Waals surface area contributed by atoms with E-state index < -0.39 is 0 Å². The third-order valence-corrected chi connectivity index (χ3v) is 8.11. The van der Waals surface area contributed by atoms with Crippen LogP contribution < -0.4 is 9.64 Å². The average Bonchev–Trinajstić information content (AvgIpc) is 3.51. The molecule has 8 heteroatoms. The number of carbonyl (C=O) groups excluding carboxylic acids is 2. The molecule has 2 aromatic heterocycles. The lowest BCUT2D eigenvalue weighted by molar-refractivity contribution is -0.118. The summed E-state index contributed by atoms with van der Waals surface area (Å²) in [4.78, 5) is 33.9. The van der Waals surface area contributed by atoms with Gasteiger partial charge in [-0.25, -0.2) is 4.98 Å². The third kappa shape index (κ3) is 4.53. The highest BCUT2D eigenvalue weighted by atomic mass is 35.5. The fourth-order valence-corrected chi connectivity index (χ4v) is 6.15. The van der Waals surface area contributed by atoms with Crippen LogP contribution in [0, 0.1) is 6.92 Å². The van der Waals surface area contributed by atoms with Gasteiger partial charge in [0.25, 0.3) is 5.91 Å². The van der Waals surface area contributed by atoms with Crippen molar-refractivity contribution in [3.63, 3.8) is 0 Å². The van der Waals surface area contributed by atoms with Crippen LogP contribution in [0.3, 0.4) is 0 Å². The number of hydrogen-bond acceptors (Lipinski definition) is 5. The van der Waals surface area contributed by atoms with E-state index in [-0.39, 0.29) is 24.3 Å². The van der Waals surface area contributed by atoms with Gasteiger partial charge in [-0.2, -0.15) is 0 Å². The molecule has 4 aromatic rings. The first-order valence-corrected chi connectivity index (χ1v) is 13.4. The summed E-state index contributed by atoms with van der Waals surface area (Å²) in [6.45, 7) is 1.89. The van der Waals surface area contributed by atoms with Crippen LogP contribution in [0.25, 0.3) is 10.9 Å². The summed E-state index contributed by atoms with van der Waals surface area (Å²) in [5, 5.41) is 3.85. The SMILES string of the molecule is COc1ccc2c(c1)c(CC(=O)N(c1nccs1)C1CCCCC1)c(C)n2C(=O)c1ccccc1Cl. The highest BCUT2D eigenvalue weighted by Crippen LogP contribution is 2.34. The zero-order valence-corrected chi connectivity index (χ0v) is 21.9. The second kappa shape index (κ2) is 10.4. The molecule has 36 heavy (non-hydrogen) atoms. The summed E-state index contributed by atoms with van der Waals surface area (Å²) in [5.74, 6) is 0.436. The van der Waals surface area contributed by atoms with E-state index in [1.807, 2.05) is 35.4 Å². The van der Waals surface area contributed by atoms with Crippen LogP contribution in [-0.4, -0.2) is 34.5 Å². The molecule has 0 aliphatic heterocycles. The van der Waals surface area contributed by atoms with Crippen molar-refractivity contribution in [2.75, 3.05) is 12.0 Å². The van der Waals surface area contributed by atoms with Crippen LogP contribution in [0.15, 0.2) is 54.0 Å². The van der Waals surface area contributed by atoms with Crippen LogP contribution in [0.5, 0.6) is 5.75 Å². The highest BCUT2D eigenvalue weighted by molar-refractivity contribution is 7.13. The van der Waals surface area contributed by atoms with Crippen LogP contribution >= 0.6 is 22.9 Å². The number of ether oxygens (including phenoxy) is 1. The Kier molecular flexibility index (Phi) is 7.12. The first kappa shape index (κ1) is 24.5. The molecule has 1 saturated carbocycles. The minimum Gasteiger partial charge on any atom is -0.497 e. The van der Waals surface area contributed by atoms with Crippen LogP contribution in [-0.2, 0) is 11.2 Å². The van der Waals surface area contributed by atoms with E-state index in [0.717, 1.165) is 53.0 Å². The maximum atomic E-state index is 13.9. The van der Waals surface area contributed by atoms with Crippen LogP contribution in [0.1, 0.15) is 53.7 Å². The number of benzene rings is 2. The lowest BCUT2D eigenvalue weighted by Gasteiger charge is -2.32. The van der Waals surface area contributed by atoms with Gasteiger partial charge in [-0.1, -0.05) is 43.0 Å². The summed E-state index contributed by atoms with van der Waals surface area (Å²) in [6.07, 6.45) is 7.29. The van der Waals surface area contributed by atoms with Crippen molar-refractivity contribution in [3.05, 3.63) is 75.9 Å². The molecule has 0 saturated heterocycles. The lowest BCUT2D eigenvalue weighted by atomic mass is 9.94. The predicted octanol–water partition coefficient (Wildman–Crippen LogP) is 6.67. The molecular weight excluding hydrogens is 494 g/mol. The molecule has 2 aromatic carbocycles.